The summed E-state index contributed by atoms with van der Waals surface area (Å²) in [5.74, 6) is 1.57. The monoisotopic (exact) mass is 312 g/mol. The summed E-state index contributed by atoms with van der Waals surface area (Å²) in [6.45, 7) is 1.99. The topological polar surface area (TPSA) is 73.6 Å². The van der Waals surface area contributed by atoms with Crippen molar-refractivity contribution in [3.05, 3.63) is 63.2 Å². The van der Waals surface area contributed by atoms with E-state index >= 15 is 0 Å². The molecular weight excluding hydrogens is 296 g/mol. The summed E-state index contributed by atoms with van der Waals surface area (Å²) in [4.78, 5) is 10.4. The zero-order chi connectivity index (χ0) is 15.8. The Labute approximate surface area is 133 Å². The van der Waals surface area contributed by atoms with Gasteiger partial charge in [-0.3, -0.25) is 10.1 Å². The number of hydrogen-bond acceptors (Lipinski definition) is 5. The van der Waals surface area contributed by atoms with Crippen molar-refractivity contribution in [2.24, 2.45) is 0 Å². The molecular formula is C17H16N2O4. The minimum absolute atomic E-state index is 0.00961. The molecule has 0 saturated carbocycles. The highest BCUT2D eigenvalue weighted by molar-refractivity contribution is 5.52. The van der Waals surface area contributed by atoms with Crippen LogP contribution in [-0.2, 0) is 6.42 Å². The number of rotatable bonds is 2. The van der Waals surface area contributed by atoms with Crippen molar-refractivity contribution < 1.29 is 14.4 Å². The minimum Gasteiger partial charge on any atom is -0.486 e. The predicted octanol–water partition coefficient (Wildman–Crippen LogP) is 2.60. The van der Waals surface area contributed by atoms with Crippen LogP contribution in [0.5, 0.6) is 11.5 Å². The van der Waals surface area contributed by atoms with Crippen LogP contribution in [-0.4, -0.2) is 24.7 Å². The van der Waals surface area contributed by atoms with Crippen molar-refractivity contribution in [3.63, 3.8) is 0 Å². The van der Waals surface area contributed by atoms with Crippen molar-refractivity contribution in [3.8, 4) is 11.5 Å². The van der Waals surface area contributed by atoms with Gasteiger partial charge in [-0.15, -0.1) is 0 Å². The number of ether oxygens (including phenoxy) is 2. The predicted molar refractivity (Wildman–Crippen MR) is 84.1 cm³/mol. The summed E-state index contributed by atoms with van der Waals surface area (Å²) in [6, 6.07) is 10.8. The van der Waals surface area contributed by atoms with Crippen molar-refractivity contribution in [1.82, 2.24) is 5.32 Å². The molecule has 1 N–H and O–H groups in total. The van der Waals surface area contributed by atoms with Gasteiger partial charge in [0.2, 0.25) is 0 Å². The van der Waals surface area contributed by atoms with E-state index in [4.69, 9.17) is 9.47 Å². The normalized spacial score (nSPS) is 19.0. The van der Waals surface area contributed by atoms with Gasteiger partial charge in [0.1, 0.15) is 13.2 Å². The maximum atomic E-state index is 10.8. The third-order valence-electron chi connectivity index (χ3n) is 4.30. The lowest BCUT2D eigenvalue weighted by Gasteiger charge is -2.30. The number of hydrogen-bond donors (Lipinski definition) is 1. The van der Waals surface area contributed by atoms with Crippen LogP contribution in [0.15, 0.2) is 36.4 Å². The molecule has 23 heavy (non-hydrogen) atoms. The first-order valence-corrected chi connectivity index (χ1v) is 7.62. The largest absolute Gasteiger partial charge is 0.486 e. The summed E-state index contributed by atoms with van der Waals surface area (Å²) >= 11 is 0. The van der Waals surface area contributed by atoms with E-state index in [2.05, 4.69) is 11.4 Å². The molecule has 0 radical (unpaired) electrons. The van der Waals surface area contributed by atoms with E-state index in [0.717, 1.165) is 35.6 Å². The van der Waals surface area contributed by atoms with Gasteiger partial charge in [-0.25, -0.2) is 0 Å². The second-order valence-corrected chi connectivity index (χ2v) is 5.68. The first kappa shape index (κ1) is 14.0. The van der Waals surface area contributed by atoms with Gasteiger partial charge in [-0.05, 0) is 35.2 Å². The molecule has 2 aromatic rings. The average Bonchev–Trinajstić information content (AvgIpc) is 2.59. The first-order valence-electron chi connectivity index (χ1n) is 7.62. The third kappa shape index (κ3) is 2.51. The van der Waals surface area contributed by atoms with Crippen molar-refractivity contribution in [1.29, 1.82) is 0 Å². The second-order valence-electron chi connectivity index (χ2n) is 5.68. The lowest BCUT2D eigenvalue weighted by atomic mass is 9.89. The van der Waals surface area contributed by atoms with E-state index in [0.29, 0.717) is 13.2 Å². The molecule has 0 bridgehead atoms. The van der Waals surface area contributed by atoms with Crippen LogP contribution in [0, 0.1) is 10.1 Å². The van der Waals surface area contributed by atoms with Crippen molar-refractivity contribution >= 4 is 5.69 Å². The van der Waals surface area contributed by atoms with Gasteiger partial charge in [-0.1, -0.05) is 12.1 Å². The van der Waals surface area contributed by atoms with Crippen molar-refractivity contribution in [2.75, 3.05) is 19.8 Å². The molecule has 6 heteroatoms. The molecule has 2 aromatic carbocycles. The van der Waals surface area contributed by atoms with Crippen LogP contribution >= 0.6 is 0 Å². The van der Waals surface area contributed by atoms with Gasteiger partial charge >= 0.3 is 0 Å². The molecule has 1 atom stereocenters. The molecule has 0 saturated heterocycles. The Bertz CT molecular complexity index is 758. The Morgan fingerprint density at radius 2 is 1.78 bits per heavy atom. The molecule has 4 rings (SSSR count). The molecule has 2 aliphatic rings. The van der Waals surface area contributed by atoms with Gasteiger partial charge in [0.15, 0.2) is 11.5 Å². The van der Waals surface area contributed by atoms with Crippen LogP contribution in [0.4, 0.5) is 5.69 Å². The minimum atomic E-state index is -0.381. The standard InChI is InChI=1S/C17H16N2O4/c20-19(21)13-3-1-11(2-4-13)17-14-10-16-15(22-7-8-23-16)9-12(14)5-6-18-17/h1-4,9-10,17-18H,5-8H2. The number of nitrogens with zero attached hydrogens (tertiary/aromatic N) is 1. The van der Waals surface area contributed by atoms with Crippen LogP contribution < -0.4 is 14.8 Å². The Kier molecular flexibility index (Phi) is 3.38. The van der Waals surface area contributed by atoms with E-state index in [1.807, 2.05) is 18.2 Å². The first-order chi connectivity index (χ1) is 11.2. The molecule has 1 unspecified atom stereocenters. The fourth-order valence-corrected chi connectivity index (χ4v) is 3.18. The summed E-state index contributed by atoms with van der Waals surface area (Å²) in [5.41, 5.74) is 3.49. The zero-order valence-electron chi connectivity index (χ0n) is 12.5. The number of fused-ring (bicyclic) bond motifs is 2. The number of nitro benzene ring substituents is 1. The van der Waals surface area contributed by atoms with Crippen LogP contribution in [0.25, 0.3) is 0 Å². The number of nitrogens with one attached hydrogen (secondary N) is 1. The molecule has 118 valence electrons. The summed E-state index contributed by atoms with van der Waals surface area (Å²) < 4.78 is 11.3. The van der Waals surface area contributed by atoms with Gasteiger partial charge in [-0.2, -0.15) is 0 Å². The molecule has 0 fully saturated rings. The highest BCUT2D eigenvalue weighted by atomic mass is 16.6. The van der Waals surface area contributed by atoms with Gasteiger partial charge in [0.25, 0.3) is 5.69 Å². The summed E-state index contributed by atoms with van der Waals surface area (Å²) in [5, 5.41) is 14.3. The highest BCUT2D eigenvalue weighted by Gasteiger charge is 2.25. The Hall–Kier alpha value is -2.60. The maximum Gasteiger partial charge on any atom is 0.269 e. The average molecular weight is 312 g/mol. The fraction of sp³-hybridized carbons (Fsp3) is 0.294. The molecule has 0 aliphatic carbocycles. The molecule has 2 aliphatic heterocycles. The maximum absolute atomic E-state index is 10.8. The summed E-state index contributed by atoms with van der Waals surface area (Å²) in [7, 11) is 0. The third-order valence-corrected chi connectivity index (χ3v) is 4.30. The lowest BCUT2D eigenvalue weighted by Crippen LogP contribution is -2.31. The van der Waals surface area contributed by atoms with Gasteiger partial charge < -0.3 is 14.8 Å². The number of benzene rings is 2. The van der Waals surface area contributed by atoms with Crippen molar-refractivity contribution in [2.45, 2.75) is 12.5 Å². The highest BCUT2D eigenvalue weighted by Crippen LogP contribution is 2.39. The van der Waals surface area contributed by atoms with Crippen LogP contribution in [0.1, 0.15) is 22.7 Å². The van der Waals surface area contributed by atoms with E-state index in [1.165, 1.54) is 5.56 Å². The second kappa shape index (κ2) is 5.55. The smallest absolute Gasteiger partial charge is 0.269 e. The molecule has 2 heterocycles. The molecule has 0 amide bonds. The summed E-state index contributed by atoms with van der Waals surface area (Å²) in [6.07, 6.45) is 0.926. The van der Waals surface area contributed by atoms with E-state index in [-0.39, 0.29) is 16.7 Å². The molecule has 6 nitrogen and oxygen atoms in total. The van der Waals surface area contributed by atoms with Gasteiger partial charge in [0, 0.05) is 18.7 Å². The number of non-ortho nitro benzene ring substituents is 1. The number of nitro groups is 1. The van der Waals surface area contributed by atoms with Gasteiger partial charge in [0.05, 0.1) is 11.0 Å². The zero-order valence-corrected chi connectivity index (χ0v) is 12.5. The molecule has 0 aromatic heterocycles. The Balaban J connectivity index is 1.73. The van der Waals surface area contributed by atoms with E-state index in [9.17, 15) is 10.1 Å². The Morgan fingerprint density at radius 3 is 2.48 bits per heavy atom. The molecule has 0 spiro atoms. The Morgan fingerprint density at radius 1 is 1.09 bits per heavy atom. The van der Waals surface area contributed by atoms with Crippen LogP contribution in [0.2, 0.25) is 0 Å². The van der Waals surface area contributed by atoms with E-state index < -0.39 is 0 Å². The quantitative estimate of drug-likeness (QED) is 0.681. The SMILES string of the molecule is O=[N+]([O-])c1ccc(C2NCCc3cc4c(cc32)OCCO4)cc1. The van der Waals surface area contributed by atoms with Crippen LogP contribution in [0.3, 0.4) is 0 Å². The lowest BCUT2D eigenvalue weighted by molar-refractivity contribution is -0.384. The fourth-order valence-electron chi connectivity index (χ4n) is 3.18. The van der Waals surface area contributed by atoms with E-state index in [1.54, 1.807) is 12.1 Å².